The van der Waals surface area contributed by atoms with Crippen molar-refractivity contribution in [2.24, 2.45) is 17.3 Å². The summed E-state index contributed by atoms with van der Waals surface area (Å²) in [5.74, 6) is 1.64. The first-order chi connectivity index (χ1) is 16.8. The molecule has 1 fully saturated rings. The van der Waals surface area contributed by atoms with Crippen molar-refractivity contribution in [1.29, 1.82) is 0 Å². The van der Waals surface area contributed by atoms with Crippen LogP contribution in [0.2, 0.25) is 0 Å². The Morgan fingerprint density at radius 1 is 1.11 bits per heavy atom. The zero-order valence-electron chi connectivity index (χ0n) is 21.4. The molecule has 2 aliphatic carbocycles. The van der Waals surface area contributed by atoms with E-state index in [1.54, 1.807) is 0 Å². The van der Waals surface area contributed by atoms with Crippen LogP contribution in [0.4, 0.5) is 5.69 Å². The summed E-state index contributed by atoms with van der Waals surface area (Å²) in [6.07, 6.45) is 10.7. The van der Waals surface area contributed by atoms with Crippen molar-refractivity contribution < 1.29 is 4.79 Å². The fraction of sp³-hybridized carbons (Fsp3) is 0.387. The van der Waals surface area contributed by atoms with Gasteiger partial charge in [0.25, 0.3) is 0 Å². The van der Waals surface area contributed by atoms with Crippen molar-refractivity contribution in [2.75, 3.05) is 11.4 Å². The SMILES string of the molecule is C=C(NCc1ccccc1)NC1=CCC(C)(CN(C(=O)C2CCCC2C)c2ccccc2C)C=C1. The lowest BCUT2D eigenvalue weighted by atomic mass is 9.81. The van der Waals surface area contributed by atoms with E-state index < -0.39 is 0 Å². The molecule has 0 spiro atoms. The molecule has 2 aromatic rings. The maximum absolute atomic E-state index is 13.8. The van der Waals surface area contributed by atoms with Crippen LogP contribution in [-0.2, 0) is 11.3 Å². The molecule has 2 aromatic carbocycles. The molecule has 35 heavy (non-hydrogen) atoms. The third kappa shape index (κ3) is 6.25. The maximum atomic E-state index is 13.8. The number of allylic oxidation sites excluding steroid dienone is 2. The number of hydrogen-bond acceptors (Lipinski definition) is 3. The van der Waals surface area contributed by atoms with Gasteiger partial charge in [0.05, 0.1) is 5.82 Å². The fourth-order valence-electron chi connectivity index (χ4n) is 5.22. The number of hydrogen-bond donors (Lipinski definition) is 2. The molecule has 4 rings (SSSR count). The predicted octanol–water partition coefficient (Wildman–Crippen LogP) is 6.46. The Labute approximate surface area is 210 Å². The van der Waals surface area contributed by atoms with Gasteiger partial charge in [0.2, 0.25) is 5.91 Å². The summed E-state index contributed by atoms with van der Waals surface area (Å²) in [6, 6.07) is 18.6. The molecule has 4 heteroatoms. The summed E-state index contributed by atoms with van der Waals surface area (Å²) in [5, 5.41) is 6.73. The predicted molar refractivity (Wildman–Crippen MR) is 146 cm³/mol. The van der Waals surface area contributed by atoms with E-state index in [2.05, 4.69) is 85.4 Å². The number of aryl methyl sites for hydroxylation is 1. The topological polar surface area (TPSA) is 44.4 Å². The van der Waals surface area contributed by atoms with Gasteiger partial charge < -0.3 is 15.5 Å². The van der Waals surface area contributed by atoms with Crippen LogP contribution < -0.4 is 15.5 Å². The highest BCUT2D eigenvalue weighted by Gasteiger charge is 2.36. The Morgan fingerprint density at radius 2 is 1.86 bits per heavy atom. The number of amides is 1. The van der Waals surface area contributed by atoms with Crippen molar-refractivity contribution >= 4 is 11.6 Å². The van der Waals surface area contributed by atoms with Gasteiger partial charge in [-0.3, -0.25) is 4.79 Å². The zero-order chi connectivity index (χ0) is 24.8. The van der Waals surface area contributed by atoms with Crippen LogP contribution in [0.25, 0.3) is 0 Å². The Balaban J connectivity index is 1.42. The summed E-state index contributed by atoms with van der Waals surface area (Å²) >= 11 is 0. The molecule has 1 saturated carbocycles. The summed E-state index contributed by atoms with van der Waals surface area (Å²) in [4.78, 5) is 15.8. The molecule has 4 nitrogen and oxygen atoms in total. The Morgan fingerprint density at radius 3 is 2.51 bits per heavy atom. The van der Waals surface area contributed by atoms with Gasteiger partial charge in [0, 0.05) is 35.8 Å². The standard InChI is InChI=1S/C31H39N3O/c1-23-12-10-15-28(23)30(35)34(29-16-9-8-11-24(29)2)22-31(4)19-17-27(18-20-31)33-25(3)32-21-26-13-6-5-7-14-26/h5-9,11,13-14,16-19,23,28,32-33H,3,10,12,15,20-22H2,1-2,4H3. The van der Waals surface area contributed by atoms with Crippen LogP contribution in [0.1, 0.15) is 50.7 Å². The quantitative estimate of drug-likeness (QED) is 0.443. The van der Waals surface area contributed by atoms with Crippen molar-refractivity contribution in [3.05, 3.63) is 102 Å². The summed E-state index contributed by atoms with van der Waals surface area (Å²) < 4.78 is 0. The smallest absolute Gasteiger partial charge is 0.230 e. The van der Waals surface area contributed by atoms with Gasteiger partial charge in [-0.05, 0) is 55.4 Å². The van der Waals surface area contributed by atoms with Crippen LogP contribution in [0.3, 0.4) is 0 Å². The average molecular weight is 470 g/mol. The van der Waals surface area contributed by atoms with E-state index in [0.717, 1.165) is 55.0 Å². The third-order valence-electron chi connectivity index (χ3n) is 7.47. The minimum absolute atomic E-state index is 0.123. The summed E-state index contributed by atoms with van der Waals surface area (Å²) in [7, 11) is 0. The van der Waals surface area contributed by atoms with Crippen LogP contribution in [0.5, 0.6) is 0 Å². The van der Waals surface area contributed by atoms with Gasteiger partial charge in [-0.15, -0.1) is 0 Å². The molecule has 0 aliphatic heterocycles. The second-order valence-electron chi connectivity index (χ2n) is 10.5. The first kappa shape index (κ1) is 24.8. The average Bonchev–Trinajstić information content (AvgIpc) is 3.29. The van der Waals surface area contributed by atoms with E-state index in [0.29, 0.717) is 12.5 Å². The molecular formula is C31H39N3O. The van der Waals surface area contributed by atoms with E-state index >= 15 is 0 Å². The van der Waals surface area contributed by atoms with E-state index in [9.17, 15) is 4.79 Å². The Bertz CT molecular complexity index is 1100. The van der Waals surface area contributed by atoms with Crippen LogP contribution in [0, 0.1) is 24.2 Å². The molecule has 1 amide bonds. The first-order valence-corrected chi connectivity index (χ1v) is 12.8. The lowest BCUT2D eigenvalue weighted by molar-refractivity contribution is -0.123. The van der Waals surface area contributed by atoms with Crippen molar-refractivity contribution in [1.82, 2.24) is 10.6 Å². The van der Waals surface area contributed by atoms with Crippen molar-refractivity contribution in [2.45, 2.75) is 53.0 Å². The van der Waals surface area contributed by atoms with E-state index in [4.69, 9.17) is 0 Å². The number of para-hydroxylation sites is 1. The molecule has 0 bridgehead atoms. The minimum atomic E-state index is -0.135. The van der Waals surface area contributed by atoms with E-state index in [-0.39, 0.29) is 17.2 Å². The lowest BCUT2D eigenvalue weighted by Crippen LogP contribution is -2.44. The number of carbonyl (C=O) groups excluding carboxylic acids is 1. The number of anilines is 1. The second-order valence-corrected chi connectivity index (χ2v) is 10.5. The molecule has 0 saturated heterocycles. The number of rotatable bonds is 9. The number of nitrogens with one attached hydrogen (secondary N) is 2. The third-order valence-corrected chi connectivity index (χ3v) is 7.47. The molecular weight excluding hydrogens is 430 g/mol. The molecule has 3 atom stereocenters. The van der Waals surface area contributed by atoms with Crippen LogP contribution >= 0.6 is 0 Å². The zero-order valence-corrected chi connectivity index (χ0v) is 21.4. The maximum Gasteiger partial charge on any atom is 0.230 e. The molecule has 2 aliphatic rings. The number of benzene rings is 2. The van der Waals surface area contributed by atoms with E-state index in [1.165, 1.54) is 5.56 Å². The highest BCUT2D eigenvalue weighted by molar-refractivity contribution is 5.96. The number of nitrogens with zero attached hydrogens (tertiary/aromatic N) is 1. The van der Waals surface area contributed by atoms with Crippen molar-refractivity contribution in [3.63, 3.8) is 0 Å². The molecule has 2 N–H and O–H groups in total. The van der Waals surface area contributed by atoms with Crippen molar-refractivity contribution in [3.8, 4) is 0 Å². The Hall–Kier alpha value is -3.27. The number of carbonyl (C=O) groups is 1. The molecule has 0 heterocycles. The van der Waals surface area contributed by atoms with Gasteiger partial charge in [-0.1, -0.05) is 87.5 Å². The van der Waals surface area contributed by atoms with Gasteiger partial charge in [-0.25, -0.2) is 0 Å². The van der Waals surface area contributed by atoms with Gasteiger partial charge in [0.15, 0.2) is 0 Å². The van der Waals surface area contributed by atoms with Crippen LogP contribution in [0.15, 0.2) is 90.9 Å². The fourth-order valence-corrected chi connectivity index (χ4v) is 5.22. The van der Waals surface area contributed by atoms with Gasteiger partial charge >= 0.3 is 0 Å². The lowest BCUT2D eigenvalue weighted by Gasteiger charge is -2.37. The van der Waals surface area contributed by atoms with Gasteiger partial charge in [-0.2, -0.15) is 0 Å². The molecule has 184 valence electrons. The van der Waals surface area contributed by atoms with E-state index in [1.807, 2.05) is 30.3 Å². The highest BCUT2D eigenvalue weighted by atomic mass is 16.2. The molecule has 3 unspecified atom stereocenters. The molecule has 0 aromatic heterocycles. The normalized spacial score (nSPS) is 23.5. The summed E-state index contributed by atoms with van der Waals surface area (Å²) in [6.45, 7) is 12.1. The largest absolute Gasteiger partial charge is 0.368 e. The van der Waals surface area contributed by atoms with Gasteiger partial charge in [0.1, 0.15) is 0 Å². The second kappa shape index (κ2) is 11.0. The Kier molecular flexibility index (Phi) is 7.80. The highest BCUT2D eigenvalue weighted by Crippen LogP contribution is 2.37. The molecule has 0 radical (unpaired) electrons. The minimum Gasteiger partial charge on any atom is -0.368 e. The summed E-state index contributed by atoms with van der Waals surface area (Å²) in [5.41, 5.74) is 4.30. The first-order valence-electron chi connectivity index (χ1n) is 12.8. The monoisotopic (exact) mass is 469 g/mol. The van der Waals surface area contributed by atoms with Crippen LogP contribution in [-0.4, -0.2) is 12.5 Å².